The molecule has 86 valence electrons. The van der Waals surface area contributed by atoms with Crippen molar-refractivity contribution in [2.45, 2.75) is 12.0 Å². The molecule has 0 spiro atoms. The van der Waals surface area contributed by atoms with Gasteiger partial charge in [0.15, 0.2) is 5.60 Å². The monoisotopic (exact) mass is 233 g/mol. The number of carbonyl (C=O) groups excluding carboxylic acids is 1. The Kier molecular flexibility index (Phi) is 2.30. The van der Waals surface area contributed by atoms with Crippen LogP contribution < -0.4 is 5.32 Å². The Hall–Kier alpha value is -2.46. The molecule has 1 atom stereocenters. The fourth-order valence-electron chi connectivity index (χ4n) is 1.73. The van der Waals surface area contributed by atoms with Crippen molar-refractivity contribution in [3.8, 4) is 6.07 Å². The molecule has 0 saturated carbocycles. The van der Waals surface area contributed by atoms with Crippen LogP contribution in [0, 0.1) is 21.4 Å². The number of hydrogen-bond donors (Lipinski definition) is 2. The number of nitrogens with zero attached hydrogens (tertiary/aromatic N) is 2. The number of benzene rings is 1. The van der Waals surface area contributed by atoms with Crippen LogP contribution in [0.1, 0.15) is 12.0 Å². The van der Waals surface area contributed by atoms with Gasteiger partial charge < -0.3 is 10.4 Å². The Labute approximate surface area is 95.4 Å². The first-order valence-corrected chi connectivity index (χ1v) is 4.69. The summed E-state index contributed by atoms with van der Waals surface area (Å²) in [6, 6.07) is 5.34. The Balaban J connectivity index is 2.58. The lowest BCUT2D eigenvalue weighted by Gasteiger charge is -2.16. The number of aliphatic hydroxyl groups is 1. The zero-order valence-electron chi connectivity index (χ0n) is 8.51. The highest BCUT2D eigenvalue weighted by Gasteiger charge is 2.46. The SMILES string of the molecule is N#CCC1(O)C(=O)Nc2ccc([N+](=O)[O-])cc21. The van der Waals surface area contributed by atoms with Gasteiger partial charge in [-0.25, -0.2) is 0 Å². The molecule has 17 heavy (non-hydrogen) atoms. The predicted molar refractivity (Wildman–Crippen MR) is 55.9 cm³/mol. The average Bonchev–Trinajstić information content (AvgIpc) is 2.52. The number of fused-ring (bicyclic) bond motifs is 1. The molecule has 1 amide bonds. The van der Waals surface area contributed by atoms with Gasteiger partial charge >= 0.3 is 0 Å². The van der Waals surface area contributed by atoms with Crippen molar-refractivity contribution in [3.63, 3.8) is 0 Å². The smallest absolute Gasteiger partial charge is 0.269 e. The Bertz CT molecular complexity index is 563. The molecule has 0 radical (unpaired) electrons. The minimum Gasteiger partial charge on any atom is -0.374 e. The Morgan fingerprint density at radius 1 is 1.59 bits per heavy atom. The Morgan fingerprint density at radius 3 is 2.88 bits per heavy atom. The minimum atomic E-state index is -2.00. The van der Waals surface area contributed by atoms with E-state index in [2.05, 4.69) is 5.32 Å². The summed E-state index contributed by atoms with van der Waals surface area (Å²) in [4.78, 5) is 21.5. The quantitative estimate of drug-likeness (QED) is 0.574. The summed E-state index contributed by atoms with van der Waals surface area (Å²) in [5, 5.41) is 31.6. The molecule has 0 aromatic heterocycles. The molecule has 1 heterocycles. The maximum Gasteiger partial charge on any atom is 0.269 e. The molecule has 0 aliphatic carbocycles. The predicted octanol–water partition coefficient (Wildman–Crippen LogP) is 0.648. The first kappa shape index (κ1) is 11.0. The van der Waals surface area contributed by atoms with Crippen LogP contribution in [0.4, 0.5) is 11.4 Å². The van der Waals surface area contributed by atoms with E-state index in [9.17, 15) is 20.0 Å². The van der Waals surface area contributed by atoms with E-state index in [4.69, 9.17) is 5.26 Å². The van der Waals surface area contributed by atoms with Crippen LogP contribution in [0.5, 0.6) is 0 Å². The number of carbonyl (C=O) groups is 1. The van der Waals surface area contributed by atoms with Gasteiger partial charge in [-0.2, -0.15) is 5.26 Å². The topological polar surface area (TPSA) is 116 Å². The van der Waals surface area contributed by atoms with Gasteiger partial charge in [0.2, 0.25) is 0 Å². The number of non-ortho nitro benzene ring substituents is 1. The third kappa shape index (κ3) is 1.51. The first-order chi connectivity index (χ1) is 7.99. The van der Waals surface area contributed by atoms with Crippen LogP contribution in [0.15, 0.2) is 18.2 Å². The lowest BCUT2D eigenvalue weighted by atomic mass is 9.92. The summed E-state index contributed by atoms with van der Waals surface area (Å²) in [5.41, 5.74) is -1.89. The van der Waals surface area contributed by atoms with E-state index in [1.54, 1.807) is 6.07 Å². The average molecular weight is 233 g/mol. The summed E-state index contributed by atoms with van der Waals surface area (Å²) in [5.74, 6) is -0.741. The molecule has 0 bridgehead atoms. The zero-order valence-corrected chi connectivity index (χ0v) is 8.51. The summed E-state index contributed by atoms with van der Waals surface area (Å²) in [6.07, 6.45) is -0.451. The molecule has 0 fully saturated rings. The number of rotatable bonds is 2. The summed E-state index contributed by atoms with van der Waals surface area (Å²) >= 11 is 0. The van der Waals surface area contributed by atoms with Gasteiger partial charge in [-0.1, -0.05) is 0 Å². The van der Waals surface area contributed by atoms with E-state index in [1.165, 1.54) is 12.1 Å². The van der Waals surface area contributed by atoms with Crippen LogP contribution in [0.25, 0.3) is 0 Å². The number of amides is 1. The molecule has 2 rings (SSSR count). The van der Waals surface area contributed by atoms with E-state index in [1.807, 2.05) is 0 Å². The van der Waals surface area contributed by atoms with Gasteiger partial charge in [0.1, 0.15) is 0 Å². The van der Waals surface area contributed by atoms with Gasteiger partial charge in [0.25, 0.3) is 11.6 Å². The van der Waals surface area contributed by atoms with Crippen LogP contribution >= 0.6 is 0 Å². The number of nitrogens with one attached hydrogen (secondary N) is 1. The molecule has 7 heteroatoms. The zero-order chi connectivity index (χ0) is 12.6. The maximum absolute atomic E-state index is 11.5. The van der Waals surface area contributed by atoms with Gasteiger partial charge in [-0.15, -0.1) is 0 Å². The molecule has 1 aliphatic heterocycles. The number of nitriles is 1. The molecule has 1 aromatic rings. The fourth-order valence-corrected chi connectivity index (χ4v) is 1.73. The molecular formula is C10H7N3O4. The van der Waals surface area contributed by atoms with E-state index in [0.717, 1.165) is 6.07 Å². The summed E-state index contributed by atoms with van der Waals surface area (Å²) in [6.45, 7) is 0. The van der Waals surface area contributed by atoms with Crippen LogP contribution in [-0.2, 0) is 10.4 Å². The lowest BCUT2D eigenvalue weighted by molar-refractivity contribution is -0.385. The maximum atomic E-state index is 11.5. The van der Waals surface area contributed by atoms with Crippen molar-refractivity contribution in [2.24, 2.45) is 0 Å². The number of nitro groups is 1. The largest absolute Gasteiger partial charge is 0.374 e. The van der Waals surface area contributed by atoms with Gasteiger partial charge in [-0.05, 0) is 6.07 Å². The lowest BCUT2D eigenvalue weighted by Crippen LogP contribution is -2.33. The summed E-state index contributed by atoms with van der Waals surface area (Å²) in [7, 11) is 0. The van der Waals surface area contributed by atoms with Gasteiger partial charge in [0, 0.05) is 23.4 Å². The van der Waals surface area contributed by atoms with Gasteiger partial charge in [0.05, 0.1) is 17.4 Å². The third-order valence-corrected chi connectivity index (χ3v) is 2.62. The highest BCUT2D eigenvalue weighted by Crippen LogP contribution is 2.39. The van der Waals surface area contributed by atoms with Crippen molar-refractivity contribution in [1.29, 1.82) is 5.26 Å². The Morgan fingerprint density at radius 2 is 2.29 bits per heavy atom. The van der Waals surface area contributed by atoms with Crippen LogP contribution in [0.3, 0.4) is 0 Å². The third-order valence-electron chi connectivity index (χ3n) is 2.62. The summed E-state index contributed by atoms with van der Waals surface area (Å²) < 4.78 is 0. The van der Waals surface area contributed by atoms with Crippen molar-refractivity contribution < 1.29 is 14.8 Å². The van der Waals surface area contributed by atoms with Crippen molar-refractivity contribution in [2.75, 3.05) is 5.32 Å². The minimum absolute atomic E-state index is 0.0678. The highest BCUT2D eigenvalue weighted by atomic mass is 16.6. The number of nitro benzene ring substituents is 1. The van der Waals surface area contributed by atoms with Gasteiger partial charge in [-0.3, -0.25) is 14.9 Å². The molecular weight excluding hydrogens is 226 g/mol. The molecule has 7 nitrogen and oxygen atoms in total. The molecule has 1 aliphatic rings. The van der Waals surface area contributed by atoms with E-state index < -0.39 is 22.9 Å². The standard InChI is InChI=1S/C10H7N3O4/c11-4-3-10(15)7-5-6(13(16)17)1-2-8(7)12-9(10)14/h1-2,5,15H,3H2,(H,12,14). The van der Waals surface area contributed by atoms with Crippen molar-refractivity contribution in [1.82, 2.24) is 0 Å². The second-order valence-electron chi connectivity index (χ2n) is 3.64. The fraction of sp³-hybridized carbons (Fsp3) is 0.200. The molecule has 2 N–H and O–H groups in total. The number of hydrogen-bond acceptors (Lipinski definition) is 5. The molecule has 1 unspecified atom stereocenters. The normalized spacial score (nSPS) is 21.5. The number of anilines is 1. The van der Waals surface area contributed by atoms with Crippen LogP contribution in [0.2, 0.25) is 0 Å². The highest BCUT2D eigenvalue weighted by molar-refractivity contribution is 6.05. The van der Waals surface area contributed by atoms with E-state index in [-0.39, 0.29) is 11.3 Å². The van der Waals surface area contributed by atoms with E-state index >= 15 is 0 Å². The second kappa shape index (κ2) is 3.54. The second-order valence-corrected chi connectivity index (χ2v) is 3.64. The molecule has 1 aromatic carbocycles. The first-order valence-electron chi connectivity index (χ1n) is 4.69. The van der Waals surface area contributed by atoms with E-state index in [0.29, 0.717) is 5.69 Å². The van der Waals surface area contributed by atoms with Crippen molar-refractivity contribution >= 4 is 17.3 Å². The van der Waals surface area contributed by atoms with Crippen LogP contribution in [-0.4, -0.2) is 15.9 Å². The van der Waals surface area contributed by atoms with Crippen molar-refractivity contribution in [3.05, 3.63) is 33.9 Å². The molecule has 0 saturated heterocycles.